The van der Waals surface area contributed by atoms with Gasteiger partial charge >= 0.3 is 6.03 Å². The number of piperidine rings is 1. The third-order valence-electron chi connectivity index (χ3n) is 7.40. The molecule has 1 aliphatic heterocycles. The average Bonchev–Trinajstić information content (AvgIpc) is 3.19. The number of nitrogens with one attached hydrogen (secondary N) is 2. The van der Waals surface area contributed by atoms with E-state index in [4.69, 9.17) is 11.6 Å². The van der Waals surface area contributed by atoms with Gasteiger partial charge in [-0.2, -0.15) is 0 Å². The molecule has 1 aliphatic carbocycles. The number of carbonyl (C=O) groups is 1. The van der Waals surface area contributed by atoms with Crippen molar-refractivity contribution in [2.24, 2.45) is 0 Å². The molecule has 2 heterocycles. The molecule has 0 saturated carbocycles. The zero-order chi connectivity index (χ0) is 23.8. The van der Waals surface area contributed by atoms with Gasteiger partial charge in [-0.25, -0.2) is 4.79 Å². The Morgan fingerprint density at radius 2 is 1.94 bits per heavy atom. The summed E-state index contributed by atoms with van der Waals surface area (Å²) >= 11 is 6.02. The van der Waals surface area contributed by atoms with Gasteiger partial charge in [0.15, 0.2) is 0 Å². The fourth-order valence-corrected chi connectivity index (χ4v) is 5.81. The van der Waals surface area contributed by atoms with Crippen molar-refractivity contribution in [3.05, 3.63) is 69.9 Å². The number of amides is 2. The lowest BCUT2D eigenvalue weighted by Gasteiger charge is -2.46. The van der Waals surface area contributed by atoms with E-state index in [1.165, 1.54) is 16.5 Å². The minimum Gasteiger partial charge on any atom is -0.348 e. The Labute approximate surface area is 206 Å². The number of fused-ring (bicyclic) bond motifs is 2. The van der Waals surface area contributed by atoms with E-state index in [-0.39, 0.29) is 12.1 Å². The second-order valence-electron chi connectivity index (χ2n) is 9.38. The highest BCUT2D eigenvalue weighted by Crippen LogP contribution is 2.44. The summed E-state index contributed by atoms with van der Waals surface area (Å²) < 4.78 is 0. The quantitative estimate of drug-likeness (QED) is 0.526. The third kappa shape index (κ3) is 4.17. The predicted molar refractivity (Wildman–Crippen MR) is 138 cm³/mol. The summed E-state index contributed by atoms with van der Waals surface area (Å²) in [6.45, 7) is 6.35. The van der Waals surface area contributed by atoms with E-state index in [1.54, 1.807) is 0 Å². The summed E-state index contributed by atoms with van der Waals surface area (Å²) in [4.78, 5) is 20.6. The van der Waals surface area contributed by atoms with E-state index in [0.29, 0.717) is 17.0 Å². The Kier molecular flexibility index (Phi) is 6.29. The van der Waals surface area contributed by atoms with Crippen LogP contribution in [-0.2, 0) is 6.42 Å². The van der Waals surface area contributed by atoms with E-state index >= 15 is 0 Å². The number of hydrogen-bond donors (Lipinski definition) is 2. The number of H-pyrrole nitrogens is 1. The molecular formula is C28H31ClN4O. The molecule has 3 aromatic rings. The van der Waals surface area contributed by atoms with Gasteiger partial charge in [-0.1, -0.05) is 29.7 Å². The van der Waals surface area contributed by atoms with Crippen LogP contribution < -0.4 is 5.32 Å². The first-order chi connectivity index (χ1) is 16.5. The number of hydrogen-bond acceptors (Lipinski definition) is 2. The van der Waals surface area contributed by atoms with Gasteiger partial charge < -0.3 is 20.1 Å². The molecule has 2 N–H and O–H groups in total. The molecule has 6 heteroatoms. The van der Waals surface area contributed by atoms with Crippen molar-refractivity contribution in [3.8, 4) is 11.8 Å². The highest BCUT2D eigenvalue weighted by atomic mass is 35.5. The molecule has 176 valence electrons. The van der Waals surface area contributed by atoms with Crippen LogP contribution in [0.25, 0.3) is 10.9 Å². The minimum absolute atomic E-state index is 0.0398. The van der Waals surface area contributed by atoms with Crippen molar-refractivity contribution in [2.45, 2.75) is 44.7 Å². The van der Waals surface area contributed by atoms with Gasteiger partial charge in [-0.15, -0.1) is 0 Å². The summed E-state index contributed by atoms with van der Waals surface area (Å²) in [6, 6.07) is 14.8. The number of aromatic amines is 1. The van der Waals surface area contributed by atoms with Gasteiger partial charge in [-0.3, -0.25) is 0 Å². The number of nitrogens with zero attached hydrogens (tertiary/aromatic N) is 2. The largest absolute Gasteiger partial charge is 0.348 e. The number of likely N-dealkylation sites (N-methyl/N-ethyl adjacent to an activating group) is 1. The molecule has 5 rings (SSSR count). The number of urea groups is 1. The maximum atomic E-state index is 12.7. The Bertz CT molecular complexity index is 1270. The molecule has 2 aliphatic rings. The topological polar surface area (TPSA) is 51.4 Å². The van der Waals surface area contributed by atoms with Gasteiger partial charge in [0.25, 0.3) is 0 Å². The molecule has 1 fully saturated rings. The zero-order valence-electron chi connectivity index (χ0n) is 20.0. The molecule has 1 aromatic heterocycles. The summed E-state index contributed by atoms with van der Waals surface area (Å²) in [5.41, 5.74) is 5.77. The molecule has 0 bridgehead atoms. The highest BCUT2D eigenvalue weighted by Gasteiger charge is 2.40. The van der Waals surface area contributed by atoms with E-state index in [2.05, 4.69) is 52.3 Å². The number of likely N-dealkylation sites (tertiary alicyclic amines) is 1. The fraction of sp³-hybridized carbons (Fsp3) is 0.393. The van der Waals surface area contributed by atoms with E-state index in [9.17, 15) is 4.79 Å². The first-order valence-corrected chi connectivity index (χ1v) is 12.5. The van der Waals surface area contributed by atoms with Crippen LogP contribution in [0, 0.1) is 11.8 Å². The van der Waals surface area contributed by atoms with Crippen LogP contribution in [0.15, 0.2) is 42.5 Å². The lowest BCUT2D eigenvalue weighted by atomic mass is 9.73. The number of rotatable bonds is 3. The summed E-state index contributed by atoms with van der Waals surface area (Å²) in [6.07, 6.45) is 1.91. The van der Waals surface area contributed by atoms with Gasteiger partial charge in [0.05, 0.1) is 5.69 Å². The van der Waals surface area contributed by atoms with Crippen molar-refractivity contribution in [1.82, 2.24) is 20.1 Å². The monoisotopic (exact) mass is 474 g/mol. The Morgan fingerprint density at radius 1 is 1.18 bits per heavy atom. The normalized spacial score (nSPS) is 21.5. The maximum absolute atomic E-state index is 12.7. The Hall–Kier alpha value is -2.94. The lowest BCUT2D eigenvalue weighted by Crippen LogP contribution is -2.56. The Morgan fingerprint density at radius 3 is 2.68 bits per heavy atom. The standard InChI is InChI=1S/C28H31ClN4O/c1-4-33(5-2)28(34)30-20-15-22-21-7-6-8-25-27(21)23(16-26(22)32(3)17-20)24(31-25)14-11-18-9-12-19(29)13-10-18/h6-10,12-13,20,22,26,31H,4-5,15-17H2,1-3H3,(H,30,34)/t20-,22?,26+/m0/s1. The SMILES string of the molecule is CCN(CC)C(=O)N[C@H]1CC2c3cccc4[nH]c(C#Cc5ccc(Cl)cc5)c(c34)C[C@H]2N(C)C1. The highest BCUT2D eigenvalue weighted by molar-refractivity contribution is 6.30. The van der Waals surface area contributed by atoms with Crippen LogP contribution in [0.2, 0.25) is 5.02 Å². The molecule has 34 heavy (non-hydrogen) atoms. The molecule has 1 unspecified atom stereocenters. The van der Waals surface area contributed by atoms with E-state index in [0.717, 1.165) is 49.2 Å². The van der Waals surface area contributed by atoms with Crippen LogP contribution >= 0.6 is 11.6 Å². The van der Waals surface area contributed by atoms with Crippen LogP contribution in [0.3, 0.4) is 0 Å². The third-order valence-corrected chi connectivity index (χ3v) is 7.66. The number of benzene rings is 2. The van der Waals surface area contributed by atoms with Crippen molar-refractivity contribution in [2.75, 3.05) is 26.7 Å². The lowest BCUT2D eigenvalue weighted by molar-refractivity contribution is 0.124. The van der Waals surface area contributed by atoms with Crippen molar-refractivity contribution < 1.29 is 4.79 Å². The van der Waals surface area contributed by atoms with Crippen LogP contribution in [-0.4, -0.2) is 59.6 Å². The minimum atomic E-state index is 0.0398. The summed E-state index contributed by atoms with van der Waals surface area (Å²) in [7, 11) is 2.18. The van der Waals surface area contributed by atoms with E-state index < -0.39 is 0 Å². The van der Waals surface area contributed by atoms with Crippen molar-refractivity contribution >= 4 is 28.5 Å². The van der Waals surface area contributed by atoms with Gasteiger partial charge in [0, 0.05) is 59.1 Å². The van der Waals surface area contributed by atoms with E-state index in [1.807, 2.05) is 43.0 Å². The van der Waals surface area contributed by atoms with Crippen LogP contribution in [0.5, 0.6) is 0 Å². The molecule has 2 amide bonds. The number of halogens is 1. The maximum Gasteiger partial charge on any atom is 0.317 e. The number of carbonyl (C=O) groups excluding carboxylic acids is 1. The number of aromatic nitrogens is 1. The molecule has 0 radical (unpaired) electrons. The van der Waals surface area contributed by atoms with Gasteiger partial charge in [0.2, 0.25) is 0 Å². The molecule has 1 saturated heterocycles. The molecule has 5 nitrogen and oxygen atoms in total. The molecule has 2 aromatic carbocycles. The summed E-state index contributed by atoms with van der Waals surface area (Å²) in [5, 5.41) is 5.32. The molecule has 3 atom stereocenters. The first kappa shape index (κ1) is 22.8. The predicted octanol–water partition coefficient (Wildman–Crippen LogP) is 4.98. The fourth-order valence-electron chi connectivity index (χ4n) is 5.69. The smallest absolute Gasteiger partial charge is 0.317 e. The van der Waals surface area contributed by atoms with Gasteiger partial charge in [0.1, 0.15) is 0 Å². The van der Waals surface area contributed by atoms with Crippen molar-refractivity contribution in [3.63, 3.8) is 0 Å². The van der Waals surface area contributed by atoms with Crippen LogP contribution in [0.4, 0.5) is 4.79 Å². The first-order valence-electron chi connectivity index (χ1n) is 12.1. The zero-order valence-corrected chi connectivity index (χ0v) is 20.7. The van der Waals surface area contributed by atoms with Crippen LogP contribution in [0.1, 0.15) is 48.6 Å². The second-order valence-corrected chi connectivity index (χ2v) is 9.81. The average molecular weight is 475 g/mol. The summed E-state index contributed by atoms with van der Waals surface area (Å²) in [5.74, 6) is 7.07. The van der Waals surface area contributed by atoms with Crippen molar-refractivity contribution in [1.29, 1.82) is 0 Å². The second kappa shape index (κ2) is 9.37. The molecule has 0 spiro atoms. The Balaban J connectivity index is 1.46. The molecular weight excluding hydrogens is 444 g/mol. The van der Waals surface area contributed by atoms with Gasteiger partial charge in [-0.05, 0) is 81.1 Å².